The van der Waals surface area contributed by atoms with Crippen LogP contribution in [0.3, 0.4) is 0 Å². The van der Waals surface area contributed by atoms with Gasteiger partial charge >= 0.3 is 0 Å². The van der Waals surface area contributed by atoms with E-state index in [-0.39, 0.29) is 6.04 Å². The molecule has 140 valence electrons. The molecule has 1 atom stereocenters. The lowest BCUT2D eigenvalue weighted by molar-refractivity contribution is 0.244. The highest BCUT2D eigenvalue weighted by atomic mass is 15.2. The Morgan fingerprint density at radius 1 is 1.14 bits per heavy atom. The van der Waals surface area contributed by atoms with Crippen molar-refractivity contribution < 1.29 is 0 Å². The van der Waals surface area contributed by atoms with E-state index in [1.165, 1.54) is 5.56 Å². The number of rotatable bonds is 5. The molecule has 1 aliphatic heterocycles. The van der Waals surface area contributed by atoms with Crippen LogP contribution in [-0.2, 0) is 6.54 Å². The van der Waals surface area contributed by atoms with Crippen molar-refractivity contribution in [2.75, 3.05) is 11.9 Å². The Morgan fingerprint density at radius 2 is 2.07 bits per heavy atom. The number of nitrogens with one attached hydrogen (secondary N) is 1. The number of nitrogens with zero attached hydrogens (tertiary/aromatic N) is 6. The van der Waals surface area contributed by atoms with Gasteiger partial charge in [0.15, 0.2) is 0 Å². The van der Waals surface area contributed by atoms with E-state index in [2.05, 4.69) is 37.3 Å². The molecule has 4 rings (SSSR count). The predicted octanol–water partition coefficient (Wildman–Crippen LogP) is 3.53. The van der Waals surface area contributed by atoms with Crippen LogP contribution in [0.1, 0.15) is 41.5 Å². The third-order valence-corrected chi connectivity index (χ3v) is 4.87. The van der Waals surface area contributed by atoms with Gasteiger partial charge in [0.2, 0.25) is 5.95 Å². The van der Waals surface area contributed by atoms with Crippen molar-refractivity contribution in [1.29, 1.82) is 5.26 Å². The molecule has 28 heavy (non-hydrogen) atoms. The van der Waals surface area contributed by atoms with E-state index in [0.29, 0.717) is 11.6 Å². The molecule has 3 aromatic heterocycles. The van der Waals surface area contributed by atoms with Gasteiger partial charge in [0, 0.05) is 24.6 Å². The minimum absolute atomic E-state index is 0.268. The zero-order valence-electron chi connectivity index (χ0n) is 15.7. The van der Waals surface area contributed by atoms with E-state index >= 15 is 0 Å². The number of nitriles is 1. The maximum Gasteiger partial charge on any atom is 0.227 e. The van der Waals surface area contributed by atoms with Crippen LogP contribution in [0.4, 0.5) is 11.6 Å². The Balaban J connectivity index is 1.49. The summed E-state index contributed by atoms with van der Waals surface area (Å²) in [4.78, 5) is 20.0. The summed E-state index contributed by atoms with van der Waals surface area (Å²) in [5.74, 6) is 0.535. The van der Waals surface area contributed by atoms with Crippen molar-refractivity contribution in [3.63, 3.8) is 0 Å². The summed E-state index contributed by atoms with van der Waals surface area (Å²) in [5.41, 5.74) is 4.40. The largest absolute Gasteiger partial charge is 0.323 e. The second-order valence-electron chi connectivity index (χ2n) is 6.91. The summed E-state index contributed by atoms with van der Waals surface area (Å²) in [7, 11) is 0. The van der Waals surface area contributed by atoms with E-state index < -0.39 is 0 Å². The smallest absolute Gasteiger partial charge is 0.227 e. The second-order valence-corrected chi connectivity index (χ2v) is 6.91. The lowest BCUT2D eigenvalue weighted by atomic mass is 10.1. The van der Waals surface area contributed by atoms with Crippen LogP contribution in [0, 0.1) is 18.3 Å². The monoisotopic (exact) mass is 371 g/mol. The first kappa shape index (κ1) is 18.0. The molecule has 1 N–H and O–H groups in total. The normalized spacial score (nSPS) is 16.6. The van der Waals surface area contributed by atoms with Gasteiger partial charge in [-0.25, -0.2) is 15.0 Å². The van der Waals surface area contributed by atoms with E-state index in [9.17, 15) is 0 Å². The molecule has 0 aliphatic carbocycles. The Kier molecular flexibility index (Phi) is 5.22. The highest BCUT2D eigenvalue weighted by Gasteiger charge is 2.27. The standard InChI is InChI=1S/C21H21N7/c1-15-4-5-16(12-24-15)14-28-10-2-3-20(28)19-8-9-23-21(27-19)26-18-7-6-17(11-22)25-13-18/h4-9,12-13,20H,2-3,10,14H2,1H3,(H,23,26,27)/t20-/m1/s1. The highest BCUT2D eigenvalue weighted by molar-refractivity contribution is 5.52. The topological polar surface area (TPSA) is 90.6 Å². The van der Waals surface area contributed by atoms with Gasteiger partial charge < -0.3 is 5.32 Å². The van der Waals surface area contributed by atoms with Crippen molar-refractivity contribution in [1.82, 2.24) is 24.8 Å². The van der Waals surface area contributed by atoms with Crippen LogP contribution in [0.5, 0.6) is 0 Å². The number of likely N-dealkylation sites (tertiary alicyclic amines) is 1. The Morgan fingerprint density at radius 3 is 2.82 bits per heavy atom. The zero-order chi connectivity index (χ0) is 19.3. The first-order valence-electron chi connectivity index (χ1n) is 9.33. The first-order valence-corrected chi connectivity index (χ1v) is 9.33. The second kappa shape index (κ2) is 8.11. The fraction of sp³-hybridized carbons (Fsp3) is 0.286. The fourth-order valence-electron chi connectivity index (χ4n) is 3.46. The highest BCUT2D eigenvalue weighted by Crippen LogP contribution is 2.32. The van der Waals surface area contributed by atoms with Crippen LogP contribution in [0.25, 0.3) is 0 Å². The average Bonchev–Trinajstić information content (AvgIpc) is 3.19. The number of hydrogen-bond acceptors (Lipinski definition) is 7. The van der Waals surface area contributed by atoms with Gasteiger partial charge in [-0.3, -0.25) is 9.88 Å². The number of pyridine rings is 2. The summed E-state index contributed by atoms with van der Waals surface area (Å²) in [5, 5.41) is 12.0. The van der Waals surface area contributed by atoms with Gasteiger partial charge in [0.1, 0.15) is 11.8 Å². The molecule has 1 saturated heterocycles. The molecule has 0 bridgehead atoms. The van der Waals surface area contributed by atoms with Gasteiger partial charge in [-0.15, -0.1) is 0 Å². The molecule has 1 fully saturated rings. The lowest BCUT2D eigenvalue weighted by Gasteiger charge is -2.24. The van der Waals surface area contributed by atoms with Crippen molar-refractivity contribution >= 4 is 11.6 Å². The van der Waals surface area contributed by atoms with Gasteiger partial charge in [0.25, 0.3) is 0 Å². The summed E-state index contributed by atoms with van der Waals surface area (Å²) < 4.78 is 0. The molecule has 0 saturated carbocycles. The van der Waals surface area contributed by atoms with E-state index in [1.807, 2.05) is 25.3 Å². The van der Waals surface area contributed by atoms with Gasteiger partial charge in [-0.05, 0) is 56.1 Å². The van der Waals surface area contributed by atoms with Crippen molar-refractivity contribution in [2.24, 2.45) is 0 Å². The average molecular weight is 371 g/mol. The van der Waals surface area contributed by atoms with Crippen LogP contribution < -0.4 is 5.32 Å². The molecule has 1 aliphatic rings. The zero-order valence-corrected chi connectivity index (χ0v) is 15.7. The fourth-order valence-corrected chi connectivity index (χ4v) is 3.46. The summed E-state index contributed by atoms with van der Waals surface area (Å²) in [6.07, 6.45) is 7.58. The quantitative estimate of drug-likeness (QED) is 0.733. The van der Waals surface area contributed by atoms with Crippen molar-refractivity contribution in [3.8, 4) is 6.07 Å². The van der Waals surface area contributed by atoms with Crippen molar-refractivity contribution in [3.05, 3.63) is 71.6 Å². The Bertz CT molecular complexity index is 977. The van der Waals surface area contributed by atoms with Crippen LogP contribution in [0.15, 0.2) is 48.9 Å². The SMILES string of the molecule is Cc1ccc(CN2CCC[C@@H]2c2ccnc(Nc3ccc(C#N)nc3)n2)cn1. The first-order chi connectivity index (χ1) is 13.7. The van der Waals surface area contributed by atoms with E-state index in [4.69, 9.17) is 10.2 Å². The number of anilines is 2. The molecule has 0 spiro atoms. The molecule has 3 aromatic rings. The summed E-state index contributed by atoms with van der Waals surface area (Å²) in [6.45, 7) is 3.91. The number of hydrogen-bond donors (Lipinski definition) is 1. The third-order valence-electron chi connectivity index (χ3n) is 4.87. The molecule has 7 heteroatoms. The van der Waals surface area contributed by atoms with Gasteiger partial charge in [-0.2, -0.15) is 5.26 Å². The number of aryl methyl sites for hydroxylation is 1. The third kappa shape index (κ3) is 4.13. The molecule has 0 amide bonds. The molecule has 0 radical (unpaired) electrons. The van der Waals surface area contributed by atoms with Gasteiger partial charge in [0.05, 0.1) is 23.6 Å². The molecule has 7 nitrogen and oxygen atoms in total. The molecular weight excluding hydrogens is 350 g/mol. The van der Waals surface area contributed by atoms with Crippen LogP contribution in [-0.4, -0.2) is 31.4 Å². The molecule has 4 heterocycles. The summed E-state index contributed by atoms with van der Waals surface area (Å²) >= 11 is 0. The Labute approximate surface area is 164 Å². The van der Waals surface area contributed by atoms with E-state index in [0.717, 1.165) is 43.0 Å². The Hall–Kier alpha value is -3.37. The molecular formula is C21H21N7. The predicted molar refractivity (Wildman–Crippen MR) is 106 cm³/mol. The summed E-state index contributed by atoms with van der Waals surface area (Å²) in [6, 6.07) is 11.9. The van der Waals surface area contributed by atoms with Gasteiger partial charge in [-0.1, -0.05) is 6.07 Å². The van der Waals surface area contributed by atoms with E-state index in [1.54, 1.807) is 24.5 Å². The lowest BCUT2D eigenvalue weighted by Crippen LogP contribution is -2.23. The number of aromatic nitrogens is 4. The van der Waals surface area contributed by atoms with Crippen LogP contribution in [0.2, 0.25) is 0 Å². The molecule has 0 aromatic carbocycles. The minimum Gasteiger partial charge on any atom is -0.323 e. The maximum atomic E-state index is 8.85. The minimum atomic E-state index is 0.268. The molecule has 0 unspecified atom stereocenters. The van der Waals surface area contributed by atoms with Crippen molar-refractivity contribution in [2.45, 2.75) is 32.4 Å². The van der Waals surface area contributed by atoms with Crippen LogP contribution >= 0.6 is 0 Å². The maximum absolute atomic E-state index is 8.85.